The van der Waals surface area contributed by atoms with Gasteiger partial charge in [-0.05, 0) is 37.2 Å². The molecule has 0 saturated heterocycles. The van der Waals surface area contributed by atoms with Gasteiger partial charge in [-0.25, -0.2) is 0 Å². The van der Waals surface area contributed by atoms with E-state index in [9.17, 15) is 9.90 Å². The third-order valence-electron chi connectivity index (χ3n) is 5.54. The third kappa shape index (κ3) is 4.39. The molecular formula is C23H25ClN4O5. The van der Waals surface area contributed by atoms with Crippen LogP contribution in [-0.2, 0) is 16.0 Å². The quantitative estimate of drug-likeness (QED) is 0.511. The zero-order valence-electron chi connectivity index (χ0n) is 18.3. The highest BCUT2D eigenvalue weighted by atomic mass is 35.5. The van der Waals surface area contributed by atoms with Crippen LogP contribution >= 0.6 is 11.6 Å². The monoisotopic (exact) mass is 472 g/mol. The van der Waals surface area contributed by atoms with Crippen molar-refractivity contribution in [3.05, 3.63) is 64.2 Å². The van der Waals surface area contributed by atoms with Gasteiger partial charge in [-0.1, -0.05) is 23.7 Å². The predicted octanol–water partition coefficient (Wildman–Crippen LogP) is 3.46. The lowest BCUT2D eigenvalue weighted by molar-refractivity contribution is -0.141. The van der Waals surface area contributed by atoms with Crippen molar-refractivity contribution < 1.29 is 24.1 Å². The molecule has 9 nitrogen and oxygen atoms in total. The zero-order chi connectivity index (χ0) is 23.5. The summed E-state index contributed by atoms with van der Waals surface area (Å²) < 4.78 is 19.4. The van der Waals surface area contributed by atoms with E-state index >= 15 is 0 Å². The number of hydrogen-bond acceptors (Lipinski definition) is 7. The van der Waals surface area contributed by atoms with Crippen LogP contribution in [0.4, 0.5) is 0 Å². The average molecular weight is 473 g/mol. The Labute approximate surface area is 196 Å². The summed E-state index contributed by atoms with van der Waals surface area (Å²) in [4.78, 5) is 11.7. The number of benzene rings is 2. The second-order valence-corrected chi connectivity index (χ2v) is 8.03. The van der Waals surface area contributed by atoms with Crippen LogP contribution in [0.5, 0.6) is 11.5 Å². The summed E-state index contributed by atoms with van der Waals surface area (Å²) in [6.07, 6.45) is -0.567. The number of nitrogens with two attached hydrogens (primary N) is 1. The van der Waals surface area contributed by atoms with Gasteiger partial charge in [-0.2, -0.15) is 0 Å². The number of halogens is 1. The van der Waals surface area contributed by atoms with E-state index in [-0.39, 0.29) is 6.42 Å². The Balaban J connectivity index is 1.97. The Morgan fingerprint density at radius 2 is 2.03 bits per heavy atom. The number of carboxylic acids is 1. The van der Waals surface area contributed by atoms with Crippen molar-refractivity contribution in [3.63, 3.8) is 0 Å². The molecule has 1 aliphatic rings. The van der Waals surface area contributed by atoms with Gasteiger partial charge >= 0.3 is 5.97 Å². The molecule has 4 rings (SSSR count). The maximum Gasteiger partial charge on any atom is 0.306 e. The molecule has 10 heteroatoms. The first-order valence-corrected chi connectivity index (χ1v) is 10.9. The van der Waals surface area contributed by atoms with Crippen molar-refractivity contribution in [2.45, 2.75) is 31.5 Å². The number of methoxy groups -OCH3 is 2. The summed E-state index contributed by atoms with van der Waals surface area (Å²) in [6.45, 7) is 0.494. The molecule has 2 heterocycles. The van der Waals surface area contributed by atoms with Gasteiger partial charge in [0.2, 0.25) is 0 Å². The normalized spacial score (nSPS) is 17.1. The molecule has 3 aromatic rings. The molecule has 0 saturated carbocycles. The van der Waals surface area contributed by atoms with Crippen LogP contribution in [-0.4, -0.2) is 46.6 Å². The molecule has 3 N–H and O–H groups in total. The summed E-state index contributed by atoms with van der Waals surface area (Å²) in [6, 6.07) is 10.9. The van der Waals surface area contributed by atoms with E-state index in [0.717, 1.165) is 11.3 Å². The second kappa shape index (κ2) is 9.78. The van der Waals surface area contributed by atoms with Crippen LogP contribution in [0.15, 0.2) is 36.4 Å². The van der Waals surface area contributed by atoms with E-state index in [0.29, 0.717) is 53.1 Å². The largest absolute Gasteiger partial charge is 0.493 e. The Bertz CT molecular complexity index is 1170. The number of fused-ring (bicyclic) bond motifs is 3. The molecule has 0 radical (unpaired) electrons. The molecule has 174 valence electrons. The number of carboxylic acid groups (broad SMARTS) is 1. The molecule has 33 heavy (non-hydrogen) atoms. The number of carbonyl (C=O) groups is 1. The van der Waals surface area contributed by atoms with Crippen molar-refractivity contribution >= 4 is 17.6 Å². The van der Waals surface area contributed by atoms with Gasteiger partial charge in [-0.15, -0.1) is 10.2 Å². The van der Waals surface area contributed by atoms with Gasteiger partial charge in [0.1, 0.15) is 18.0 Å². The van der Waals surface area contributed by atoms with E-state index < -0.39 is 18.2 Å². The fourth-order valence-corrected chi connectivity index (χ4v) is 4.30. The molecule has 2 aromatic carbocycles. The van der Waals surface area contributed by atoms with Crippen molar-refractivity contribution in [3.8, 4) is 17.2 Å². The van der Waals surface area contributed by atoms with E-state index in [1.54, 1.807) is 32.4 Å². The minimum Gasteiger partial charge on any atom is -0.493 e. The first kappa shape index (κ1) is 23.0. The first-order valence-electron chi connectivity index (χ1n) is 10.5. The molecule has 1 aliphatic heterocycles. The van der Waals surface area contributed by atoms with Crippen LogP contribution in [0.1, 0.15) is 47.8 Å². The van der Waals surface area contributed by atoms with Crippen LogP contribution < -0.4 is 15.2 Å². The van der Waals surface area contributed by atoms with Gasteiger partial charge in [-0.3, -0.25) is 9.36 Å². The fraction of sp³-hybridized carbons (Fsp3) is 0.348. The summed E-state index contributed by atoms with van der Waals surface area (Å²) in [5, 5.41) is 18.8. The average Bonchev–Trinajstić information content (AvgIpc) is 3.17. The molecule has 2 atom stereocenters. The molecule has 2 unspecified atom stereocenters. The van der Waals surface area contributed by atoms with Crippen LogP contribution in [0.3, 0.4) is 0 Å². The molecular weight excluding hydrogens is 448 g/mol. The highest BCUT2D eigenvalue weighted by molar-refractivity contribution is 6.30. The summed E-state index contributed by atoms with van der Waals surface area (Å²) in [7, 11) is 3.10. The maximum atomic E-state index is 11.7. The van der Waals surface area contributed by atoms with Crippen molar-refractivity contribution in [1.29, 1.82) is 0 Å². The number of aromatic nitrogens is 3. The smallest absolute Gasteiger partial charge is 0.306 e. The van der Waals surface area contributed by atoms with Crippen LogP contribution in [0.2, 0.25) is 5.02 Å². The number of nitrogens with zero attached hydrogens (tertiary/aromatic N) is 3. The van der Waals surface area contributed by atoms with Crippen LogP contribution in [0.25, 0.3) is 5.69 Å². The van der Waals surface area contributed by atoms with Gasteiger partial charge < -0.3 is 25.1 Å². The van der Waals surface area contributed by atoms with Crippen molar-refractivity contribution in [1.82, 2.24) is 14.8 Å². The summed E-state index contributed by atoms with van der Waals surface area (Å²) in [5.41, 5.74) is 7.88. The lowest BCUT2D eigenvalue weighted by atomic mass is 9.98. The van der Waals surface area contributed by atoms with E-state index in [4.69, 9.17) is 31.5 Å². The number of hydrogen-bond donors (Lipinski definition) is 2. The molecule has 0 fully saturated rings. The first-order chi connectivity index (χ1) is 16.0. The lowest BCUT2D eigenvalue weighted by Crippen LogP contribution is -2.16. The zero-order valence-corrected chi connectivity index (χ0v) is 19.1. The number of aliphatic carboxylic acids is 1. The maximum absolute atomic E-state index is 11.7. The van der Waals surface area contributed by atoms with E-state index in [1.165, 1.54) is 0 Å². The molecule has 0 aliphatic carbocycles. The Morgan fingerprint density at radius 3 is 2.73 bits per heavy atom. The Kier molecular flexibility index (Phi) is 6.83. The standard InChI is InChI=1S/C23H25ClN4O5/c1-31-17-6-3-5-14(22(17)32-2)21-15-11-13(24)8-9-16(15)28-19(7-4-10-25)26-27-23(28)18(33-21)12-20(29)30/h3,5-6,8-9,11,18,21H,4,7,10,12,25H2,1-2H3,(H,29,30). The van der Waals surface area contributed by atoms with Gasteiger partial charge in [0.05, 0.1) is 26.3 Å². The van der Waals surface area contributed by atoms with Crippen molar-refractivity contribution in [2.75, 3.05) is 20.8 Å². The SMILES string of the molecule is COc1cccc(C2OC(CC(=O)O)c3nnc(CCCN)n3-c3ccc(Cl)cc32)c1OC. The predicted molar refractivity (Wildman–Crippen MR) is 121 cm³/mol. The number of para-hydroxylation sites is 1. The molecule has 1 aromatic heterocycles. The van der Waals surface area contributed by atoms with Crippen LogP contribution in [0, 0.1) is 0 Å². The van der Waals surface area contributed by atoms with E-state index in [1.807, 2.05) is 22.8 Å². The minimum absolute atomic E-state index is 0.292. The number of aryl methyl sites for hydroxylation is 1. The Hall–Kier alpha value is -3.14. The number of rotatable bonds is 8. The highest BCUT2D eigenvalue weighted by Crippen LogP contribution is 2.46. The minimum atomic E-state index is -1.02. The highest BCUT2D eigenvalue weighted by Gasteiger charge is 2.36. The topological polar surface area (TPSA) is 122 Å². The Morgan fingerprint density at radius 1 is 1.21 bits per heavy atom. The van der Waals surface area contributed by atoms with Gasteiger partial charge in [0, 0.05) is 22.6 Å². The second-order valence-electron chi connectivity index (χ2n) is 7.59. The third-order valence-corrected chi connectivity index (χ3v) is 5.77. The van der Waals surface area contributed by atoms with Crippen molar-refractivity contribution in [2.24, 2.45) is 5.73 Å². The molecule has 0 spiro atoms. The number of ether oxygens (including phenoxy) is 3. The molecule has 0 bridgehead atoms. The lowest BCUT2D eigenvalue weighted by Gasteiger charge is -2.24. The summed E-state index contributed by atoms with van der Waals surface area (Å²) >= 11 is 6.40. The fourth-order valence-electron chi connectivity index (χ4n) is 4.12. The van der Waals surface area contributed by atoms with Gasteiger partial charge in [0.15, 0.2) is 17.3 Å². The summed E-state index contributed by atoms with van der Waals surface area (Å²) in [5.74, 6) is 1.10. The van der Waals surface area contributed by atoms with E-state index in [2.05, 4.69) is 10.2 Å². The van der Waals surface area contributed by atoms with Gasteiger partial charge in [0.25, 0.3) is 0 Å². The molecule has 0 amide bonds.